The fourth-order valence-electron chi connectivity index (χ4n) is 0.690. The van der Waals surface area contributed by atoms with Crippen LogP contribution in [0.5, 0.6) is 0 Å². The maximum atomic E-state index is 8.78. The van der Waals surface area contributed by atoms with Gasteiger partial charge in [-0.05, 0) is 13.3 Å². The first kappa shape index (κ1) is 12.6. The van der Waals surface area contributed by atoms with Crippen LogP contribution in [0.1, 0.15) is 39.5 Å². The summed E-state index contributed by atoms with van der Waals surface area (Å²) in [6.45, 7) is 4.01. The number of hydrogen-bond acceptors (Lipinski definition) is 1. The van der Waals surface area contributed by atoms with Gasteiger partial charge in [-0.25, -0.2) is 0 Å². The number of aliphatic hydroxyl groups excluding tert-OH is 1. The summed E-state index contributed by atoms with van der Waals surface area (Å²) in [4.78, 5) is 0. The average Bonchev–Trinajstić information content (AvgIpc) is 1.66. The van der Waals surface area contributed by atoms with Crippen molar-refractivity contribution in [1.29, 1.82) is 0 Å². The molecule has 0 aliphatic carbocycles. The van der Waals surface area contributed by atoms with Crippen molar-refractivity contribution in [2.75, 3.05) is 0 Å². The van der Waals surface area contributed by atoms with Gasteiger partial charge in [0.1, 0.15) is 0 Å². The van der Waals surface area contributed by atoms with Crippen LogP contribution >= 0.6 is 0 Å². The summed E-state index contributed by atoms with van der Waals surface area (Å²) in [5, 5.41) is 8.78. The fourth-order valence-corrected chi connectivity index (χ4v) is 0.690. The van der Waals surface area contributed by atoms with Crippen molar-refractivity contribution in [3.8, 4) is 0 Å². The van der Waals surface area contributed by atoms with Gasteiger partial charge in [0.2, 0.25) is 0 Å². The molecule has 0 aliphatic heterocycles. The van der Waals surface area contributed by atoms with Gasteiger partial charge in [-0.1, -0.05) is 26.2 Å². The van der Waals surface area contributed by atoms with E-state index in [0.29, 0.717) is 0 Å². The van der Waals surface area contributed by atoms with Gasteiger partial charge in [0.05, 0.1) is 6.10 Å². The predicted octanol–water partition coefficient (Wildman–Crippen LogP) is 1.57. The Morgan fingerprint density at radius 3 is 2.22 bits per heavy atom. The monoisotopic (exact) mass is 139 g/mol. The second kappa shape index (κ2) is 8.96. The van der Waals surface area contributed by atoms with Gasteiger partial charge in [0.15, 0.2) is 0 Å². The molecule has 0 bridgehead atoms. The van der Waals surface area contributed by atoms with E-state index in [2.05, 4.69) is 6.92 Å². The summed E-state index contributed by atoms with van der Waals surface area (Å²) < 4.78 is 0. The van der Waals surface area contributed by atoms with Crippen molar-refractivity contribution in [3.63, 3.8) is 0 Å². The number of rotatable bonds is 4. The smallest absolute Gasteiger partial charge is 0.0512 e. The zero-order chi connectivity index (χ0) is 6.41. The first-order valence-corrected chi connectivity index (χ1v) is 3.45. The Kier molecular flexibility index (Phi) is 12.6. The molecule has 51 valence electrons. The topological polar surface area (TPSA) is 20.2 Å². The molecule has 1 N–H and O–H groups in total. The molecule has 0 saturated heterocycles. The molecule has 0 aromatic carbocycles. The summed E-state index contributed by atoms with van der Waals surface area (Å²) in [6, 6.07) is 0. The van der Waals surface area contributed by atoms with Crippen LogP contribution in [0.3, 0.4) is 0 Å². The van der Waals surface area contributed by atoms with Gasteiger partial charge in [-0.2, -0.15) is 0 Å². The zero-order valence-corrected chi connectivity index (χ0v) is 8.85. The first-order chi connectivity index (χ1) is 3.77. The van der Waals surface area contributed by atoms with E-state index in [0.717, 1.165) is 6.42 Å². The Morgan fingerprint density at radius 1 is 1.33 bits per heavy atom. The van der Waals surface area contributed by atoms with Crippen LogP contribution in [-0.2, 0) is 0 Å². The van der Waals surface area contributed by atoms with E-state index in [1.165, 1.54) is 19.3 Å². The summed E-state index contributed by atoms with van der Waals surface area (Å²) >= 11 is 0. The molecule has 1 atom stereocenters. The van der Waals surface area contributed by atoms with Crippen LogP contribution < -0.4 is 0 Å². The van der Waals surface area contributed by atoms with Crippen molar-refractivity contribution in [3.05, 3.63) is 0 Å². The van der Waals surface area contributed by atoms with E-state index in [1.54, 1.807) is 0 Å². The van der Waals surface area contributed by atoms with Crippen LogP contribution in [0.15, 0.2) is 0 Å². The number of hydrogen-bond donors (Lipinski definition) is 1. The zero-order valence-electron chi connectivity index (χ0n) is 6.85. The molecule has 2 heteroatoms. The summed E-state index contributed by atoms with van der Waals surface area (Å²) in [5.74, 6) is 0. The van der Waals surface area contributed by atoms with Crippen molar-refractivity contribution >= 4 is 29.6 Å². The molecule has 0 aromatic heterocycles. The minimum absolute atomic E-state index is 0. The minimum atomic E-state index is -0.0958. The third kappa shape index (κ3) is 12.2. The Bertz CT molecular complexity index is 46.2. The maximum Gasteiger partial charge on any atom is 0.0512 e. The standard InChI is InChI=1S/C7H16O.Na/c1-3-4-5-6-7(2)8;/h7-8H,3-6H2,1-2H3;. The molecule has 1 nitrogen and oxygen atoms in total. The molecule has 1 unspecified atom stereocenters. The summed E-state index contributed by atoms with van der Waals surface area (Å²) in [5.41, 5.74) is 0. The van der Waals surface area contributed by atoms with E-state index in [9.17, 15) is 0 Å². The van der Waals surface area contributed by atoms with Crippen molar-refractivity contribution in [1.82, 2.24) is 0 Å². The second-order valence-corrected chi connectivity index (χ2v) is 2.34. The second-order valence-electron chi connectivity index (χ2n) is 2.34. The molecule has 0 fully saturated rings. The van der Waals surface area contributed by atoms with E-state index >= 15 is 0 Å². The minimum Gasteiger partial charge on any atom is -0.393 e. The van der Waals surface area contributed by atoms with Crippen LogP contribution in [0, 0.1) is 0 Å². The van der Waals surface area contributed by atoms with Gasteiger partial charge in [0.25, 0.3) is 0 Å². The van der Waals surface area contributed by atoms with E-state index in [1.807, 2.05) is 6.92 Å². The van der Waals surface area contributed by atoms with Gasteiger partial charge >= 0.3 is 0 Å². The van der Waals surface area contributed by atoms with Crippen molar-refractivity contribution in [2.24, 2.45) is 0 Å². The molecule has 9 heavy (non-hydrogen) atoms. The average molecular weight is 139 g/mol. The quantitative estimate of drug-likeness (QED) is 0.463. The fraction of sp³-hybridized carbons (Fsp3) is 1.00. The third-order valence-corrected chi connectivity index (χ3v) is 1.23. The molecule has 1 radical (unpaired) electrons. The van der Waals surface area contributed by atoms with Crippen LogP contribution in [0.4, 0.5) is 0 Å². The molecule has 0 aromatic rings. The van der Waals surface area contributed by atoms with Crippen molar-refractivity contribution < 1.29 is 5.11 Å². The predicted molar refractivity (Wildman–Crippen MR) is 41.6 cm³/mol. The number of unbranched alkanes of at least 4 members (excludes halogenated alkanes) is 2. The molecule has 0 spiro atoms. The summed E-state index contributed by atoms with van der Waals surface area (Å²) in [7, 11) is 0. The Labute approximate surface area is 80.1 Å². The van der Waals surface area contributed by atoms with E-state index in [-0.39, 0.29) is 35.7 Å². The summed E-state index contributed by atoms with van der Waals surface area (Å²) in [6.07, 6.45) is 4.54. The van der Waals surface area contributed by atoms with Crippen LogP contribution in [0.2, 0.25) is 0 Å². The molecule has 0 rings (SSSR count). The maximum absolute atomic E-state index is 8.78. The van der Waals surface area contributed by atoms with Crippen LogP contribution in [-0.4, -0.2) is 40.8 Å². The largest absolute Gasteiger partial charge is 0.393 e. The Morgan fingerprint density at radius 2 is 1.89 bits per heavy atom. The molecule has 0 saturated carbocycles. The van der Waals surface area contributed by atoms with E-state index < -0.39 is 0 Å². The Balaban J connectivity index is 0. The molecular formula is C7H16NaO. The van der Waals surface area contributed by atoms with Gasteiger partial charge < -0.3 is 5.11 Å². The van der Waals surface area contributed by atoms with Gasteiger partial charge in [0, 0.05) is 29.6 Å². The molecule has 0 aliphatic rings. The number of aliphatic hydroxyl groups is 1. The van der Waals surface area contributed by atoms with Gasteiger partial charge in [-0.3, -0.25) is 0 Å². The first-order valence-electron chi connectivity index (χ1n) is 3.45. The van der Waals surface area contributed by atoms with Gasteiger partial charge in [-0.15, -0.1) is 0 Å². The van der Waals surface area contributed by atoms with Crippen LogP contribution in [0.25, 0.3) is 0 Å². The van der Waals surface area contributed by atoms with E-state index in [4.69, 9.17) is 5.11 Å². The van der Waals surface area contributed by atoms with Crippen molar-refractivity contribution in [2.45, 2.75) is 45.6 Å². The molecule has 0 amide bonds. The molecule has 0 heterocycles. The third-order valence-electron chi connectivity index (χ3n) is 1.23. The molecular weight excluding hydrogens is 123 g/mol. The normalized spacial score (nSPS) is 12.3. The Hall–Kier alpha value is 0.960. The SMILES string of the molecule is CCCCCC(C)O.[Na].